The highest BCUT2D eigenvalue weighted by atomic mass is 35.5. The summed E-state index contributed by atoms with van der Waals surface area (Å²) < 4.78 is 0. The lowest BCUT2D eigenvalue weighted by atomic mass is 10.2. The topological polar surface area (TPSA) is 42.0 Å². The second-order valence-corrected chi connectivity index (χ2v) is 5.25. The number of nitrogens with one attached hydrogen (secondary N) is 1. The van der Waals surface area contributed by atoms with Crippen molar-refractivity contribution in [2.45, 2.75) is 13.5 Å². The minimum absolute atomic E-state index is 0.177. The maximum Gasteiger partial charge on any atom is 0.253 e. The molecule has 5 heteroatoms. The monoisotopic (exact) mass is 266 g/mol. The van der Waals surface area contributed by atoms with Gasteiger partial charge in [-0.15, -0.1) is 11.3 Å². The van der Waals surface area contributed by atoms with Crippen molar-refractivity contribution in [1.29, 1.82) is 0 Å². The molecule has 1 amide bonds. The number of carbonyl (C=O) groups is 1. The van der Waals surface area contributed by atoms with E-state index in [1.807, 2.05) is 6.92 Å². The molecule has 2 aromatic rings. The SMILES string of the molecule is Cc1cnc(CNC(=O)c2ccccc2Cl)s1. The Morgan fingerprint density at radius 1 is 1.47 bits per heavy atom. The second-order valence-electron chi connectivity index (χ2n) is 3.53. The predicted octanol–water partition coefficient (Wildman–Crippen LogP) is 3.03. The first-order valence-electron chi connectivity index (χ1n) is 5.11. The van der Waals surface area contributed by atoms with Crippen LogP contribution in [0.3, 0.4) is 0 Å². The number of rotatable bonds is 3. The standard InChI is InChI=1S/C12H11ClN2OS/c1-8-6-14-11(17-8)7-15-12(16)9-4-2-3-5-10(9)13/h2-6H,7H2,1H3,(H,15,16). The molecule has 0 aliphatic rings. The van der Waals surface area contributed by atoms with Crippen LogP contribution in [0.1, 0.15) is 20.2 Å². The van der Waals surface area contributed by atoms with E-state index in [4.69, 9.17) is 11.6 Å². The average Bonchev–Trinajstić information content (AvgIpc) is 2.73. The summed E-state index contributed by atoms with van der Waals surface area (Å²) in [7, 11) is 0. The fraction of sp³-hybridized carbons (Fsp3) is 0.167. The molecule has 0 saturated carbocycles. The number of carbonyl (C=O) groups excluding carboxylic acids is 1. The van der Waals surface area contributed by atoms with Gasteiger partial charge in [-0.2, -0.15) is 0 Å². The van der Waals surface area contributed by atoms with E-state index >= 15 is 0 Å². The number of hydrogen-bond donors (Lipinski definition) is 1. The van der Waals surface area contributed by atoms with Gasteiger partial charge in [0.15, 0.2) is 0 Å². The summed E-state index contributed by atoms with van der Waals surface area (Å²) in [4.78, 5) is 17.1. The van der Waals surface area contributed by atoms with E-state index in [0.717, 1.165) is 9.88 Å². The smallest absolute Gasteiger partial charge is 0.253 e. The number of aryl methyl sites for hydroxylation is 1. The van der Waals surface area contributed by atoms with Gasteiger partial charge < -0.3 is 5.32 Å². The van der Waals surface area contributed by atoms with E-state index in [0.29, 0.717) is 17.1 Å². The molecule has 0 spiro atoms. The van der Waals surface area contributed by atoms with E-state index < -0.39 is 0 Å². The van der Waals surface area contributed by atoms with Crippen molar-refractivity contribution in [3.8, 4) is 0 Å². The molecule has 2 rings (SSSR count). The molecule has 1 N–H and O–H groups in total. The molecule has 17 heavy (non-hydrogen) atoms. The van der Waals surface area contributed by atoms with E-state index in [-0.39, 0.29) is 5.91 Å². The van der Waals surface area contributed by atoms with Crippen molar-refractivity contribution in [2.24, 2.45) is 0 Å². The average molecular weight is 267 g/mol. The fourth-order valence-electron chi connectivity index (χ4n) is 1.38. The predicted molar refractivity (Wildman–Crippen MR) is 69.5 cm³/mol. The Morgan fingerprint density at radius 3 is 2.88 bits per heavy atom. The molecule has 0 radical (unpaired) electrons. The first-order chi connectivity index (χ1) is 8.16. The lowest BCUT2D eigenvalue weighted by molar-refractivity contribution is 0.0951. The highest BCUT2D eigenvalue weighted by molar-refractivity contribution is 7.11. The molecule has 0 saturated heterocycles. The Balaban J connectivity index is 2.01. The van der Waals surface area contributed by atoms with Crippen LogP contribution in [0, 0.1) is 6.92 Å². The van der Waals surface area contributed by atoms with E-state index in [1.54, 1.807) is 41.8 Å². The second kappa shape index (κ2) is 5.29. The Morgan fingerprint density at radius 2 is 2.24 bits per heavy atom. The molecule has 1 aromatic carbocycles. The number of nitrogens with zero attached hydrogens (tertiary/aromatic N) is 1. The van der Waals surface area contributed by atoms with Gasteiger partial charge in [0.2, 0.25) is 0 Å². The lowest BCUT2D eigenvalue weighted by Crippen LogP contribution is -2.22. The summed E-state index contributed by atoms with van der Waals surface area (Å²) in [5.74, 6) is -0.177. The van der Waals surface area contributed by atoms with Gasteiger partial charge in [0.1, 0.15) is 5.01 Å². The van der Waals surface area contributed by atoms with Gasteiger partial charge in [0.05, 0.1) is 17.1 Å². The Bertz CT molecular complexity index is 539. The van der Waals surface area contributed by atoms with Crippen LogP contribution in [0.15, 0.2) is 30.5 Å². The summed E-state index contributed by atoms with van der Waals surface area (Å²) >= 11 is 7.50. The molecule has 0 aliphatic carbocycles. The van der Waals surface area contributed by atoms with Crippen molar-refractivity contribution in [1.82, 2.24) is 10.3 Å². The van der Waals surface area contributed by atoms with Gasteiger partial charge in [0.25, 0.3) is 5.91 Å². The van der Waals surface area contributed by atoms with Crippen molar-refractivity contribution in [2.75, 3.05) is 0 Å². The van der Waals surface area contributed by atoms with E-state index in [2.05, 4.69) is 10.3 Å². The molecular formula is C12H11ClN2OS. The van der Waals surface area contributed by atoms with Crippen LogP contribution in [0.4, 0.5) is 0 Å². The number of hydrogen-bond acceptors (Lipinski definition) is 3. The molecule has 0 unspecified atom stereocenters. The quantitative estimate of drug-likeness (QED) is 0.928. The Hall–Kier alpha value is -1.39. The maximum atomic E-state index is 11.8. The minimum atomic E-state index is -0.177. The number of aromatic nitrogens is 1. The molecule has 0 fully saturated rings. The highest BCUT2D eigenvalue weighted by Gasteiger charge is 2.09. The van der Waals surface area contributed by atoms with Gasteiger partial charge in [-0.3, -0.25) is 4.79 Å². The van der Waals surface area contributed by atoms with E-state index in [9.17, 15) is 4.79 Å². The van der Waals surface area contributed by atoms with Crippen LogP contribution in [0.25, 0.3) is 0 Å². The van der Waals surface area contributed by atoms with Crippen LogP contribution in [-0.4, -0.2) is 10.9 Å². The van der Waals surface area contributed by atoms with Gasteiger partial charge in [-0.1, -0.05) is 23.7 Å². The Labute approximate surface area is 108 Å². The van der Waals surface area contributed by atoms with E-state index in [1.165, 1.54) is 0 Å². The van der Waals surface area contributed by atoms with Crippen LogP contribution in [0.2, 0.25) is 5.02 Å². The van der Waals surface area contributed by atoms with Crippen LogP contribution >= 0.6 is 22.9 Å². The lowest BCUT2D eigenvalue weighted by Gasteiger charge is -2.04. The maximum absolute atomic E-state index is 11.8. The zero-order valence-corrected chi connectivity index (χ0v) is 10.8. The normalized spacial score (nSPS) is 10.2. The zero-order chi connectivity index (χ0) is 12.3. The highest BCUT2D eigenvalue weighted by Crippen LogP contribution is 2.15. The van der Waals surface area contributed by atoms with Gasteiger partial charge >= 0.3 is 0 Å². The fourth-order valence-corrected chi connectivity index (χ4v) is 2.33. The molecule has 1 heterocycles. The van der Waals surface area contributed by atoms with Crippen LogP contribution < -0.4 is 5.32 Å². The summed E-state index contributed by atoms with van der Waals surface area (Å²) in [5.41, 5.74) is 0.488. The summed E-state index contributed by atoms with van der Waals surface area (Å²) in [6, 6.07) is 6.98. The van der Waals surface area contributed by atoms with Crippen molar-refractivity contribution in [3.05, 3.63) is 50.9 Å². The number of amides is 1. The number of benzene rings is 1. The molecule has 1 aromatic heterocycles. The largest absolute Gasteiger partial charge is 0.345 e. The zero-order valence-electron chi connectivity index (χ0n) is 9.24. The molecular weight excluding hydrogens is 256 g/mol. The first kappa shape index (κ1) is 12.1. The molecule has 3 nitrogen and oxygen atoms in total. The third-order valence-electron chi connectivity index (χ3n) is 2.19. The third kappa shape index (κ3) is 3.05. The first-order valence-corrected chi connectivity index (χ1v) is 6.30. The molecule has 0 bridgehead atoms. The summed E-state index contributed by atoms with van der Waals surface area (Å²) in [6.07, 6.45) is 1.79. The Kier molecular flexibility index (Phi) is 3.76. The number of thiazole rings is 1. The van der Waals surface area contributed by atoms with Crippen molar-refractivity contribution >= 4 is 28.8 Å². The van der Waals surface area contributed by atoms with Crippen LogP contribution in [0.5, 0.6) is 0 Å². The molecule has 0 aliphatic heterocycles. The van der Waals surface area contributed by atoms with Crippen LogP contribution in [-0.2, 0) is 6.54 Å². The molecule has 0 atom stereocenters. The van der Waals surface area contributed by atoms with Gasteiger partial charge in [-0.05, 0) is 19.1 Å². The third-order valence-corrected chi connectivity index (χ3v) is 3.43. The summed E-state index contributed by atoms with van der Waals surface area (Å²) in [5, 5.41) is 4.14. The molecule has 88 valence electrons. The van der Waals surface area contributed by atoms with Crippen molar-refractivity contribution in [3.63, 3.8) is 0 Å². The summed E-state index contributed by atoms with van der Waals surface area (Å²) in [6.45, 7) is 2.42. The number of halogens is 1. The van der Waals surface area contributed by atoms with Gasteiger partial charge in [0, 0.05) is 11.1 Å². The van der Waals surface area contributed by atoms with Crippen molar-refractivity contribution < 1.29 is 4.79 Å². The van der Waals surface area contributed by atoms with Gasteiger partial charge in [-0.25, -0.2) is 4.98 Å². The minimum Gasteiger partial charge on any atom is -0.345 e.